The first kappa shape index (κ1) is 13.5. The SMILES string of the molecule is CC(C)CCc1ccc(Oc2ccccc2)cc1O. The third-order valence-corrected chi connectivity index (χ3v) is 3.03. The van der Waals surface area contributed by atoms with Crippen LogP contribution >= 0.6 is 0 Å². The highest BCUT2D eigenvalue weighted by molar-refractivity contribution is 5.41. The highest BCUT2D eigenvalue weighted by Crippen LogP contribution is 2.28. The Hall–Kier alpha value is -1.96. The predicted molar refractivity (Wildman–Crippen MR) is 77.8 cm³/mol. The average molecular weight is 256 g/mol. The van der Waals surface area contributed by atoms with Crippen LogP contribution < -0.4 is 4.74 Å². The van der Waals surface area contributed by atoms with Crippen LogP contribution in [0.5, 0.6) is 17.2 Å². The van der Waals surface area contributed by atoms with Crippen LogP contribution in [-0.2, 0) is 6.42 Å². The first-order valence-corrected chi connectivity index (χ1v) is 6.70. The summed E-state index contributed by atoms with van der Waals surface area (Å²) in [5.74, 6) is 2.39. The van der Waals surface area contributed by atoms with Gasteiger partial charge in [-0.1, -0.05) is 38.1 Å². The molecule has 0 amide bonds. The van der Waals surface area contributed by atoms with Crippen LogP contribution in [-0.4, -0.2) is 5.11 Å². The van der Waals surface area contributed by atoms with Crippen LogP contribution in [0.25, 0.3) is 0 Å². The van der Waals surface area contributed by atoms with E-state index >= 15 is 0 Å². The zero-order valence-electron chi connectivity index (χ0n) is 11.5. The van der Waals surface area contributed by atoms with Crippen molar-refractivity contribution in [3.63, 3.8) is 0 Å². The Bertz CT molecular complexity index is 518. The number of phenols is 1. The molecule has 1 N–H and O–H groups in total. The Balaban J connectivity index is 2.06. The third kappa shape index (κ3) is 4.02. The molecule has 0 saturated heterocycles. The van der Waals surface area contributed by atoms with Gasteiger partial charge in [-0.3, -0.25) is 0 Å². The molecule has 2 nitrogen and oxygen atoms in total. The predicted octanol–water partition coefficient (Wildman–Crippen LogP) is 4.77. The van der Waals surface area contributed by atoms with Gasteiger partial charge in [0, 0.05) is 6.07 Å². The summed E-state index contributed by atoms with van der Waals surface area (Å²) < 4.78 is 5.68. The first-order chi connectivity index (χ1) is 9.15. The minimum atomic E-state index is 0.314. The molecule has 0 aliphatic carbocycles. The van der Waals surface area contributed by atoms with Gasteiger partial charge in [-0.2, -0.15) is 0 Å². The first-order valence-electron chi connectivity index (χ1n) is 6.70. The minimum absolute atomic E-state index is 0.314. The summed E-state index contributed by atoms with van der Waals surface area (Å²) in [5, 5.41) is 10.0. The zero-order valence-corrected chi connectivity index (χ0v) is 11.5. The Labute approximate surface area is 114 Å². The fourth-order valence-electron chi connectivity index (χ4n) is 1.89. The van der Waals surface area contributed by atoms with Crippen molar-refractivity contribution in [3.8, 4) is 17.2 Å². The molecule has 2 aromatic carbocycles. The monoisotopic (exact) mass is 256 g/mol. The molecule has 2 aromatic rings. The van der Waals surface area contributed by atoms with E-state index in [2.05, 4.69) is 13.8 Å². The van der Waals surface area contributed by atoms with Crippen molar-refractivity contribution in [1.29, 1.82) is 0 Å². The van der Waals surface area contributed by atoms with Gasteiger partial charge >= 0.3 is 0 Å². The highest BCUT2D eigenvalue weighted by Gasteiger charge is 2.05. The maximum Gasteiger partial charge on any atom is 0.131 e. The molecule has 0 heterocycles. The van der Waals surface area contributed by atoms with E-state index < -0.39 is 0 Å². The van der Waals surface area contributed by atoms with Crippen molar-refractivity contribution in [2.24, 2.45) is 5.92 Å². The normalized spacial score (nSPS) is 10.7. The number of rotatable bonds is 5. The van der Waals surface area contributed by atoms with Gasteiger partial charge in [0.1, 0.15) is 17.2 Å². The summed E-state index contributed by atoms with van der Waals surface area (Å²) >= 11 is 0. The van der Waals surface area contributed by atoms with E-state index in [9.17, 15) is 5.11 Å². The molecule has 0 radical (unpaired) electrons. The quantitative estimate of drug-likeness (QED) is 0.834. The molecule has 0 spiro atoms. The third-order valence-electron chi connectivity index (χ3n) is 3.03. The maximum atomic E-state index is 10.0. The molecule has 0 fully saturated rings. The van der Waals surface area contributed by atoms with Crippen molar-refractivity contribution in [2.75, 3.05) is 0 Å². The number of para-hydroxylation sites is 1. The highest BCUT2D eigenvalue weighted by atomic mass is 16.5. The van der Waals surface area contributed by atoms with E-state index in [1.54, 1.807) is 6.07 Å². The second kappa shape index (κ2) is 6.28. The molecule has 2 heteroatoms. The zero-order chi connectivity index (χ0) is 13.7. The largest absolute Gasteiger partial charge is 0.508 e. The van der Waals surface area contributed by atoms with Crippen LogP contribution in [0.1, 0.15) is 25.8 Å². The van der Waals surface area contributed by atoms with Crippen LogP contribution in [0.3, 0.4) is 0 Å². The summed E-state index contributed by atoms with van der Waals surface area (Å²) in [4.78, 5) is 0. The molecule has 0 aliphatic heterocycles. The second-order valence-corrected chi connectivity index (χ2v) is 5.14. The van der Waals surface area contributed by atoms with Crippen LogP contribution in [0, 0.1) is 5.92 Å². The molecule has 100 valence electrons. The smallest absolute Gasteiger partial charge is 0.131 e. The molecule has 0 aliphatic rings. The summed E-state index contributed by atoms with van der Waals surface area (Å²) in [6.07, 6.45) is 1.97. The lowest BCUT2D eigenvalue weighted by Gasteiger charge is -2.10. The van der Waals surface area contributed by atoms with Crippen LogP contribution in [0.2, 0.25) is 0 Å². The lowest BCUT2D eigenvalue weighted by Crippen LogP contribution is -1.93. The number of hydrogen-bond acceptors (Lipinski definition) is 2. The number of aromatic hydroxyl groups is 1. The van der Waals surface area contributed by atoms with Crippen molar-refractivity contribution in [1.82, 2.24) is 0 Å². The van der Waals surface area contributed by atoms with E-state index in [4.69, 9.17) is 4.74 Å². The minimum Gasteiger partial charge on any atom is -0.508 e. The lowest BCUT2D eigenvalue weighted by atomic mass is 10.0. The summed E-state index contributed by atoms with van der Waals surface area (Å²) in [6, 6.07) is 15.1. The molecular formula is C17H20O2. The Kier molecular flexibility index (Phi) is 4.45. The van der Waals surface area contributed by atoms with E-state index in [1.165, 1.54) is 0 Å². The Morgan fingerprint density at radius 3 is 2.37 bits per heavy atom. The van der Waals surface area contributed by atoms with Gasteiger partial charge in [0.15, 0.2) is 0 Å². The number of hydrogen-bond donors (Lipinski definition) is 1. The number of phenolic OH excluding ortho intramolecular Hbond substituents is 1. The van der Waals surface area contributed by atoms with Crippen LogP contribution in [0.15, 0.2) is 48.5 Å². The Morgan fingerprint density at radius 2 is 1.74 bits per heavy atom. The van der Waals surface area contributed by atoms with Gasteiger partial charge in [0.25, 0.3) is 0 Å². The molecule has 19 heavy (non-hydrogen) atoms. The van der Waals surface area contributed by atoms with E-state index in [0.29, 0.717) is 17.4 Å². The standard InChI is InChI=1S/C17H20O2/c1-13(2)8-9-14-10-11-16(12-17(14)18)19-15-6-4-3-5-7-15/h3-7,10-13,18H,8-9H2,1-2H3. The van der Waals surface area contributed by atoms with E-state index in [1.807, 2.05) is 42.5 Å². The maximum absolute atomic E-state index is 10.0. The van der Waals surface area contributed by atoms with E-state index in [0.717, 1.165) is 24.2 Å². The average Bonchev–Trinajstić information content (AvgIpc) is 2.39. The topological polar surface area (TPSA) is 29.5 Å². The summed E-state index contributed by atoms with van der Waals surface area (Å²) in [5.41, 5.74) is 0.981. The fourth-order valence-corrected chi connectivity index (χ4v) is 1.89. The molecule has 0 saturated carbocycles. The van der Waals surface area contributed by atoms with Crippen molar-refractivity contribution in [2.45, 2.75) is 26.7 Å². The lowest BCUT2D eigenvalue weighted by molar-refractivity contribution is 0.447. The van der Waals surface area contributed by atoms with Gasteiger partial charge < -0.3 is 9.84 Å². The number of aryl methyl sites for hydroxylation is 1. The van der Waals surface area contributed by atoms with Gasteiger partial charge in [0.05, 0.1) is 0 Å². The Morgan fingerprint density at radius 1 is 1.00 bits per heavy atom. The van der Waals surface area contributed by atoms with E-state index in [-0.39, 0.29) is 0 Å². The summed E-state index contributed by atoms with van der Waals surface area (Å²) in [6.45, 7) is 4.37. The number of ether oxygens (including phenoxy) is 1. The van der Waals surface area contributed by atoms with Gasteiger partial charge in [-0.15, -0.1) is 0 Å². The molecule has 0 aromatic heterocycles. The summed E-state index contributed by atoms with van der Waals surface area (Å²) in [7, 11) is 0. The van der Waals surface area contributed by atoms with Crippen molar-refractivity contribution < 1.29 is 9.84 Å². The van der Waals surface area contributed by atoms with Gasteiger partial charge in [-0.05, 0) is 42.5 Å². The van der Waals surface area contributed by atoms with Crippen molar-refractivity contribution >= 4 is 0 Å². The number of benzene rings is 2. The van der Waals surface area contributed by atoms with Gasteiger partial charge in [0.2, 0.25) is 0 Å². The fraction of sp³-hybridized carbons (Fsp3) is 0.294. The molecule has 0 unspecified atom stereocenters. The molecule has 2 rings (SSSR count). The van der Waals surface area contributed by atoms with Crippen LogP contribution in [0.4, 0.5) is 0 Å². The van der Waals surface area contributed by atoms with Crippen molar-refractivity contribution in [3.05, 3.63) is 54.1 Å². The molecule has 0 bridgehead atoms. The molecular weight excluding hydrogens is 236 g/mol. The van der Waals surface area contributed by atoms with Gasteiger partial charge in [-0.25, -0.2) is 0 Å². The molecule has 0 atom stereocenters. The second-order valence-electron chi connectivity index (χ2n) is 5.14.